The fraction of sp³-hybridized carbons (Fsp3) is 0.105. The summed E-state index contributed by atoms with van der Waals surface area (Å²) >= 11 is 7.02. The number of amides is 1. The SMILES string of the molecule is O=C(CSc1ccc2nnc(-c3cccnc3)n2n1)Nc1cc(C(F)(F)F)ccc1Cl. The van der Waals surface area contributed by atoms with Crippen LogP contribution in [0, 0.1) is 0 Å². The first kappa shape index (κ1) is 21.1. The van der Waals surface area contributed by atoms with E-state index in [0.29, 0.717) is 16.5 Å². The highest BCUT2D eigenvalue weighted by Gasteiger charge is 2.31. The van der Waals surface area contributed by atoms with E-state index < -0.39 is 17.6 Å². The molecule has 0 atom stereocenters. The number of benzene rings is 1. The molecule has 1 aromatic carbocycles. The number of carbonyl (C=O) groups is 1. The number of halogens is 4. The average Bonchev–Trinajstić information content (AvgIpc) is 3.17. The summed E-state index contributed by atoms with van der Waals surface area (Å²) in [5, 5.41) is 15.5. The molecule has 7 nitrogen and oxygen atoms in total. The molecule has 0 spiro atoms. The topological polar surface area (TPSA) is 85.1 Å². The van der Waals surface area contributed by atoms with E-state index >= 15 is 0 Å². The zero-order valence-electron chi connectivity index (χ0n) is 15.5. The molecule has 0 bridgehead atoms. The quantitative estimate of drug-likeness (QED) is 0.435. The van der Waals surface area contributed by atoms with Gasteiger partial charge in [-0.1, -0.05) is 23.4 Å². The van der Waals surface area contributed by atoms with E-state index in [1.807, 2.05) is 6.07 Å². The summed E-state index contributed by atoms with van der Waals surface area (Å²) in [5.41, 5.74) is 0.232. The number of alkyl halides is 3. The Hall–Kier alpha value is -3.18. The van der Waals surface area contributed by atoms with E-state index in [4.69, 9.17) is 11.6 Å². The fourth-order valence-electron chi connectivity index (χ4n) is 2.65. The van der Waals surface area contributed by atoms with Gasteiger partial charge in [-0.05, 0) is 42.5 Å². The van der Waals surface area contributed by atoms with Gasteiger partial charge in [0.2, 0.25) is 5.91 Å². The molecule has 4 aromatic rings. The van der Waals surface area contributed by atoms with Gasteiger partial charge < -0.3 is 5.32 Å². The number of aromatic nitrogens is 5. The number of fused-ring (bicyclic) bond motifs is 1. The van der Waals surface area contributed by atoms with Gasteiger partial charge in [0.1, 0.15) is 5.03 Å². The zero-order valence-corrected chi connectivity index (χ0v) is 17.0. The average molecular weight is 465 g/mol. The third kappa shape index (κ3) is 4.78. The van der Waals surface area contributed by atoms with Crippen molar-refractivity contribution in [1.29, 1.82) is 0 Å². The van der Waals surface area contributed by atoms with Crippen LogP contribution in [0.4, 0.5) is 18.9 Å². The van der Waals surface area contributed by atoms with Crippen LogP contribution in [0.2, 0.25) is 5.02 Å². The maximum atomic E-state index is 12.9. The van der Waals surface area contributed by atoms with Crippen molar-refractivity contribution >= 4 is 40.6 Å². The van der Waals surface area contributed by atoms with Gasteiger partial charge in [0.25, 0.3) is 0 Å². The first-order chi connectivity index (χ1) is 14.8. The van der Waals surface area contributed by atoms with Gasteiger partial charge in [-0.3, -0.25) is 9.78 Å². The number of rotatable bonds is 5. The molecule has 12 heteroatoms. The van der Waals surface area contributed by atoms with Crippen LogP contribution in [0.3, 0.4) is 0 Å². The van der Waals surface area contributed by atoms with E-state index in [9.17, 15) is 18.0 Å². The van der Waals surface area contributed by atoms with Crippen molar-refractivity contribution in [2.24, 2.45) is 0 Å². The first-order valence-electron chi connectivity index (χ1n) is 8.73. The molecule has 0 aliphatic carbocycles. The number of nitrogens with one attached hydrogen (secondary N) is 1. The van der Waals surface area contributed by atoms with E-state index in [1.165, 1.54) is 4.52 Å². The molecule has 158 valence electrons. The molecule has 0 radical (unpaired) electrons. The van der Waals surface area contributed by atoms with Crippen molar-refractivity contribution in [3.63, 3.8) is 0 Å². The van der Waals surface area contributed by atoms with Crippen LogP contribution in [-0.4, -0.2) is 36.5 Å². The van der Waals surface area contributed by atoms with E-state index in [2.05, 4.69) is 25.6 Å². The third-order valence-electron chi connectivity index (χ3n) is 4.08. The van der Waals surface area contributed by atoms with Crippen molar-refractivity contribution in [1.82, 2.24) is 24.8 Å². The number of carbonyl (C=O) groups excluding carboxylic acids is 1. The van der Waals surface area contributed by atoms with Crippen LogP contribution < -0.4 is 5.32 Å². The molecule has 31 heavy (non-hydrogen) atoms. The van der Waals surface area contributed by atoms with Crippen LogP contribution in [0.15, 0.2) is 59.9 Å². The van der Waals surface area contributed by atoms with Crippen molar-refractivity contribution in [2.75, 3.05) is 11.1 Å². The Morgan fingerprint density at radius 2 is 2.00 bits per heavy atom. The van der Waals surface area contributed by atoms with Crippen LogP contribution in [0.5, 0.6) is 0 Å². The number of pyridine rings is 1. The summed E-state index contributed by atoms with van der Waals surface area (Å²) in [6.07, 6.45) is -1.27. The Bertz CT molecular complexity index is 1250. The molecule has 3 aromatic heterocycles. The van der Waals surface area contributed by atoms with E-state index in [1.54, 1.807) is 30.6 Å². The minimum absolute atomic E-state index is 0.0106. The maximum Gasteiger partial charge on any atom is 0.416 e. The molecule has 0 fully saturated rings. The molecule has 1 amide bonds. The highest BCUT2D eigenvalue weighted by molar-refractivity contribution is 7.99. The lowest BCUT2D eigenvalue weighted by atomic mass is 10.2. The Balaban J connectivity index is 1.48. The summed E-state index contributed by atoms with van der Waals surface area (Å²) in [6.45, 7) is 0. The second kappa shape index (κ2) is 8.52. The van der Waals surface area contributed by atoms with Gasteiger partial charge in [-0.2, -0.15) is 22.8 Å². The third-order valence-corrected chi connectivity index (χ3v) is 5.33. The number of hydrogen-bond donors (Lipinski definition) is 1. The molecular weight excluding hydrogens is 453 g/mol. The van der Waals surface area contributed by atoms with Crippen molar-refractivity contribution < 1.29 is 18.0 Å². The van der Waals surface area contributed by atoms with Crippen LogP contribution >= 0.6 is 23.4 Å². The minimum atomic E-state index is -4.54. The van der Waals surface area contributed by atoms with Gasteiger partial charge in [0.05, 0.1) is 22.0 Å². The van der Waals surface area contributed by atoms with Crippen molar-refractivity contribution in [3.8, 4) is 11.4 Å². The molecule has 0 saturated carbocycles. The van der Waals surface area contributed by atoms with Crippen LogP contribution in [-0.2, 0) is 11.0 Å². The molecule has 4 rings (SSSR count). The summed E-state index contributed by atoms with van der Waals surface area (Å²) < 4.78 is 40.2. The molecule has 0 aliphatic rings. The standard InChI is InChI=1S/C19H12ClF3N6OS/c20-13-4-3-12(19(21,22)23)8-14(13)25-16(30)10-31-17-6-5-15-26-27-18(29(15)28-17)11-2-1-7-24-9-11/h1-9H,10H2,(H,25,30). The predicted octanol–water partition coefficient (Wildman–Crippen LogP) is 4.59. The van der Waals surface area contributed by atoms with Gasteiger partial charge in [-0.15, -0.1) is 10.2 Å². The molecule has 0 saturated heterocycles. The molecule has 0 unspecified atom stereocenters. The van der Waals surface area contributed by atoms with E-state index in [0.717, 1.165) is 35.5 Å². The lowest BCUT2D eigenvalue weighted by molar-refractivity contribution is -0.137. The van der Waals surface area contributed by atoms with Crippen molar-refractivity contribution in [2.45, 2.75) is 11.2 Å². The second-order valence-electron chi connectivity index (χ2n) is 6.24. The summed E-state index contributed by atoms with van der Waals surface area (Å²) in [4.78, 5) is 16.3. The van der Waals surface area contributed by atoms with Gasteiger partial charge in [0, 0.05) is 18.0 Å². The lowest BCUT2D eigenvalue weighted by Crippen LogP contribution is -2.15. The number of hydrogen-bond acceptors (Lipinski definition) is 6. The monoisotopic (exact) mass is 464 g/mol. The normalized spacial score (nSPS) is 11.6. The lowest BCUT2D eigenvalue weighted by Gasteiger charge is -2.11. The smallest absolute Gasteiger partial charge is 0.324 e. The molecular formula is C19H12ClF3N6OS. The predicted molar refractivity (Wildman–Crippen MR) is 110 cm³/mol. The van der Waals surface area contributed by atoms with Gasteiger partial charge >= 0.3 is 6.18 Å². The first-order valence-corrected chi connectivity index (χ1v) is 10.1. The van der Waals surface area contributed by atoms with E-state index in [-0.39, 0.29) is 16.5 Å². The molecule has 3 heterocycles. The van der Waals surface area contributed by atoms with Crippen molar-refractivity contribution in [3.05, 3.63) is 65.4 Å². The summed E-state index contributed by atoms with van der Waals surface area (Å²) in [5.74, 6) is -0.120. The number of anilines is 1. The Kier molecular flexibility index (Phi) is 5.79. The maximum absolute atomic E-state index is 12.9. The fourth-order valence-corrected chi connectivity index (χ4v) is 3.47. The van der Waals surface area contributed by atoms with Crippen LogP contribution in [0.25, 0.3) is 17.0 Å². The summed E-state index contributed by atoms with van der Waals surface area (Å²) in [7, 11) is 0. The van der Waals surface area contributed by atoms with Gasteiger partial charge in [0.15, 0.2) is 11.5 Å². The number of nitrogens with zero attached hydrogens (tertiary/aromatic N) is 5. The second-order valence-corrected chi connectivity index (χ2v) is 7.64. The summed E-state index contributed by atoms with van der Waals surface area (Å²) in [6, 6.07) is 9.69. The highest BCUT2D eigenvalue weighted by atomic mass is 35.5. The Morgan fingerprint density at radius 1 is 1.16 bits per heavy atom. The number of thioether (sulfide) groups is 1. The Morgan fingerprint density at radius 3 is 2.74 bits per heavy atom. The zero-order chi connectivity index (χ0) is 22.0. The molecule has 1 N–H and O–H groups in total. The Labute approximate surface area is 182 Å². The highest BCUT2D eigenvalue weighted by Crippen LogP contribution is 2.34. The van der Waals surface area contributed by atoms with Gasteiger partial charge in [-0.25, -0.2) is 0 Å². The van der Waals surface area contributed by atoms with Crippen LogP contribution in [0.1, 0.15) is 5.56 Å². The largest absolute Gasteiger partial charge is 0.416 e. The minimum Gasteiger partial charge on any atom is -0.324 e. The molecule has 0 aliphatic heterocycles.